The fraction of sp³-hybridized carbons (Fsp3) is 0. The first kappa shape index (κ1) is 24.8. The molecule has 0 fully saturated rings. The molecule has 5 aromatic carbocycles. The number of ether oxygens (including phenoxy) is 1. The maximum absolute atomic E-state index is 6.41. The summed E-state index contributed by atoms with van der Waals surface area (Å²) in [4.78, 5) is 4.63. The van der Waals surface area contributed by atoms with Gasteiger partial charge in [0.25, 0.3) is 0 Å². The van der Waals surface area contributed by atoms with Crippen molar-refractivity contribution in [3.63, 3.8) is 0 Å². The van der Waals surface area contributed by atoms with Gasteiger partial charge in [-0.25, -0.2) is 9.67 Å². The second kappa shape index (κ2) is 10.5. The van der Waals surface area contributed by atoms with E-state index in [4.69, 9.17) is 4.74 Å². The lowest BCUT2D eigenvalue weighted by Gasteiger charge is -2.10. The molecule has 0 aliphatic heterocycles. The van der Waals surface area contributed by atoms with Gasteiger partial charge >= 0.3 is 0 Å². The molecular weight excluding hydrogens is 528 g/mol. The van der Waals surface area contributed by atoms with Gasteiger partial charge in [0.1, 0.15) is 17.3 Å². The number of nitrogens with zero attached hydrogens (tertiary/aromatic N) is 4. The zero-order valence-electron chi connectivity index (χ0n) is 23.2. The summed E-state index contributed by atoms with van der Waals surface area (Å²) in [7, 11) is 0. The lowest BCUT2D eigenvalue weighted by Crippen LogP contribution is -1.96. The van der Waals surface area contributed by atoms with E-state index < -0.39 is 0 Å². The Hall–Kier alpha value is -5.94. The topological polar surface area (TPSA) is 44.9 Å². The minimum atomic E-state index is 0.738. The summed E-state index contributed by atoms with van der Waals surface area (Å²) in [6.07, 6.45) is 5.77. The van der Waals surface area contributed by atoms with Gasteiger partial charge in [0, 0.05) is 40.9 Å². The van der Waals surface area contributed by atoms with Crippen LogP contribution in [0.3, 0.4) is 0 Å². The highest BCUT2D eigenvalue weighted by Crippen LogP contribution is 2.35. The monoisotopic (exact) mass is 554 g/mol. The van der Waals surface area contributed by atoms with Crippen molar-refractivity contribution < 1.29 is 4.74 Å². The van der Waals surface area contributed by atoms with Crippen LogP contribution in [-0.2, 0) is 0 Å². The van der Waals surface area contributed by atoms with Crippen molar-refractivity contribution in [2.45, 2.75) is 0 Å². The molecule has 204 valence electrons. The molecule has 0 saturated heterocycles. The van der Waals surface area contributed by atoms with Gasteiger partial charge in [0.05, 0.1) is 22.9 Å². The van der Waals surface area contributed by atoms with Gasteiger partial charge in [-0.15, -0.1) is 0 Å². The first-order valence-electron chi connectivity index (χ1n) is 14.2. The normalized spacial score (nSPS) is 11.3. The Labute approximate surface area is 248 Å². The Bertz CT molecular complexity index is 2200. The zero-order valence-corrected chi connectivity index (χ0v) is 23.2. The number of para-hydroxylation sites is 1. The molecule has 0 atom stereocenters. The van der Waals surface area contributed by atoms with Crippen molar-refractivity contribution in [3.8, 4) is 45.3 Å². The standard InChI is InChI=1S/C38H26N4O/c1-2-9-27(10-3-1)28-16-18-29(19-17-28)30-25-40-41(26-30)31-11-8-12-32(23-31)43-33-20-21-35-34-13-4-5-14-36(34)42(37(35)24-33)38-15-6-7-22-39-38/h1-26H. The lowest BCUT2D eigenvalue weighted by molar-refractivity contribution is 0.483. The van der Waals surface area contributed by atoms with Crippen LogP contribution in [0.2, 0.25) is 0 Å². The van der Waals surface area contributed by atoms with E-state index >= 15 is 0 Å². The molecule has 43 heavy (non-hydrogen) atoms. The van der Waals surface area contributed by atoms with Crippen LogP contribution in [0.15, 0.2) is 158 Å². The summed E-state index contributed by atoms with van der Waals surface area (Å²) < 4.78 is 10.5. The average molecular weight is 555 g/mol. The fourth-order valence-electron chi connectivity index (χ4n) is 5.67. The van der Waals surface area contributed by atoms with Crippen molar-refractivity contribution in [1.29, 1.82) is 0 Å². The van der Waals surface area contributed by atoms with E-state index in [-0.39, 0.29) is 0 Å². The molecule has 0 saturated carbocycles. The maximum Gasteiger partial charge on any atom is 0.137 e. The molecule has 0 bridgehead atoms. The lowest BCUT2D eigenvalue weighted by atomic mass is 10.0. The predicted molar refractivity (Wildman–Crippen MR) is 173 cm³/mol. The van der Waals surface area contributed by atoms with Gasteiger partial charge in [-0.3, -0.25) is 4.57 Å². The Balaban J connectivity index is 1.09. The SMILES string of the molecule is c1ccc(-c2ccc(-c3cnn(-c4cccc(Oc5ccc6c7ccccc7n(-c7ccccn7)c6c5)c4)c3)cc2)cc1. The van der Waals surface area contributed by atoms with E-state index in [1.807, 2.05) is 77.9 Å². The van der Waals surface area contributed by atoms with E-state index in [1.165, 1.54) is 16.5 Å². The molecule has 8 rings (SSSR count). The quantitative estimate of drug-likeness (QED) is 0.206. The predicted octanol–water partition coefficient (Wildman–Crippen LogP) is 9.49. The van der Waals surface area contributed by atoms with Crippen LogP contribution in [0, 0.1) is 0 Å². The van der Waals surface area contributed by atoms with Crippen molar-refractivity contribution in [3.05, 3.63) is 158 Å². The molecule has 3 heterocycles. The summed E-state index contributed by atoms with van der Waals surface area (Å²) in [5, 5.41) is 6.99. The van der Waals surface area contributed by atoms with Gasteiger partial charge in [0.15, 0.2) is 0 Å². The fourth-order valence-corrected chi connectivity index (χ4v) is 5.67. The van der Waals surface area contributed by atoms with Crippen molar-refractivity contribution in [2.75, 3.05) is 0 Å². The maximum atomic E-state index is 6.41. The molecule has 0 N–H and O–H groups in total. The van der Waals surface area contributed by atoms with E-state index in [0.29, 0.717) is 0 Å². The highest BCUT2D eigenvalue weighted by atomic mass is 16.5. The van der Waals surface area contributed by atoms with Crippen LogP contribution in [0.1, 0.15) is 0 Å². The summed E-state index contributed by atoms with van der Waals surface area (Å²) in [6, 6.07) is 47.6. The largest absolute Gasteiger partial charge is 0.457 e. The molecule has 0 spiro atoms. The van der Waals surface area contributed by atoms with Gasteiger partial charge in [-0.05, 0) is 59.2 Å². The van der Waals surface area contributed by atoms with Crippen LogP contribution < -0.4 is 4.74 Å². The Kier molecular flexibility index (Phi) is 6.05. The van der Waals surface area contributed by atoms with Crippen LogP contribution >= 0.6 is 0 Å². The van der Waals surface area contributed by atoms with Crippen molar-refractivity contribution in [2.24, 2.45) is 0 Å². The third-order valence-corrected chi connectivity index (χ3v) is 7.75. The summed E-state index contributed by atoms with van der Waals surface area (Å²) in [5.74, 6) is 2.36. The van der Waals surface area contributed by atoms with Gasteiger partial charge in [0.2, 0.25) is 0 Å². The first-order valence-corrected chi connectivity index (χ1v) is 14.2. The minimum absolute atomic E-state index is 0.738. The third-order valence-electron chi connectivity index (χ3n) is 7.75. The third kappa shape index (κ3) is 4.63. The number of pyridine rings is 1. The Morgan fingerprint density at radius 1 is 0.512 bits per heavy atom. The van der Waals surface area contributed by atoms with Gasteiger partial charge in [-0.2, -0.15) is 5.10 Å². The van der Waals surface area contributed by atoms with E-state index in [1.54, 1.807) is 0 Å². The van der Waals surface area contributed by atoms with Crippen LogP contribution in [0.5, 0.6) is 11.5 Å². The number of benzene rings is 5. The molecule has 0 aliphatic rings. The second-order valence-corrected chi connectivity index (χ2v) is 10.4. The summed E-state index contributed by atoms with van der Waals surface area (Å²) >= 11 is 0. The molecule has 5 nitrogen and oxygen atoms in total. The molecule has 5 heteroatoms. The van der Waals surface area contributed by atoms with Crippen molar-refractivity contribution in [1.82, 2.24) is 19.3 Å². The van der Waals surface area contributed by atoms with E-state index in [9.17, 15) is 0 Å². The number of fused-ring (bicyclic) bond motifs is 3. The van der Waals surface area contributed by atoms with Gasteiger partial charge < -0.3 is 4.74 Å². The number of rotatable bonds is 6. The van der Waals surface area contributed by atoms with Gasteiger partial charge in [-0.1, -0.05) is 84.9 Å². The molecule has 0 unspecified atom stereocenters. The second-order valence-electron chi connectivity index (χ2n) is 10.4. The highest BCUT2D eigenvalue weighted by Gasteiger charge is 2.14. The molecule has 0 aliphatic carbocycles. The molecule has 0 amide bonds. The minimum Gasteiger partial charge on any atom is -0.457 e. The average Bonchev–Trinajstić information content (AvgIpc) is 3.69. The molecule has 8 aromatic rings. The number of hydrogen-bond acceptors (Lipinski definition) is 3. The molecule has 0 radical (unpaired) electrons. The van der Waals surface area contributed by atoms with Crippen molar-refractivity contribution >= 4 is 21.8 Å². The summed E-state index contributed by atoms with van der Waals surface area (Å²) in [6.45, 7) is 0. The first-order chi connectivity index (χ1) is 21.3. The number of hydrogen-bond donors (Lipinski definition) is 0. The molecule has 3 aromatic heterocycles. The smallest absolute Gasteiger partial charge is 0.137 e. The van der Waals surface area contributed by atoms with Crippen LogP contribution in [-0.4, -0.2) is 19.3 Å². The van der Waals surface area contributed by atoms with E-state index in [2.05, 4.69) is 99.6 Å². The molecular formula is C38H26N4O. The Morgan fingerprint density at radius 3 is 2.07 bits per heavy atom. The van der Waals surface area contributed by atoms with Crippen LogP contribution in [0.4, 0.5) is 0 Å². The van der Waals surface area contributed by atoms with Crippen LogP contribution in [0.25, 0.3) is 55.6 Å². The Morgan fingerprint density at radius 2 is 1.23 bits per heavy atom. The zero-order chi connectivity index (χ0) is 28.6. The number of aromatic nitrogens is 4. The summed E-state index contributed by atoms with van der Waals surface area (Å²) in [5.41, 5.74) is 7.66. The highest BCUT2D eigenvalue weighted by molar-refractivity contribution is 6.09. The van der Waals surface area contributed by atoms with E-state index in [0.717, 1.165) is 50.6 Å².